The number of hydrogen-bond acceptors (Lipinski definition) is 3. The second kappa shape index (κ2) is 4.07. The molecule has 0 bridgehead atoms. The van der Waals surface area contributed by atoms with E-state index in [0.717, 1.165) is 0 Å². The van der Waals surface area contributed by atoms with Crippen LogP contribution in [0.5, 0.6) is 0 Å². The van der Waals surface area contributed by atoms with Gasteiger partial charge in [0.15, 0.2) is 0 Å². The van der Waals surface area contributed by atoms with Crippen molar-refractivity contribution < 1.29 is 23.2 Å². The highest BCUT2D eigenvalue weighted by molar-refractivity contribution is 8.07. The van der Waals surface area contributed by atoms with Crippen molar-refractivity contribution in [3.8, 4) is 0 Å². The van der Waals surface area contributed by atoms with Crippen molar-refractivity contribution in [1.29, 1.82) is 0 Å². The SMILES string of the molecule is C.O=P(O)(O)OP(=O)(Cl)Cl. The van der Waals surface area contributed by atoms with Gasteiger partial charge in [0.1, 0.15) is 0 Å². The van der Waals surface area contributed by atoms with Gasteiger partial charge >= 0.3 is 13.9 Å². The van der Waals surface area contributed by atoms with E-state index in [0.29, 0.717) is 0 Å². The summed E-state index contributed by atoms with van der Waals surface area (Å²) in [5.41, 5.74) is 0. The first-order valence-corrected chi connectivity index (χ1v) is 6.43. The Balaban J connectivity index is 0. The smallest absolute Gasteiger partial charge is 0.302 e. The van der Waals surface area contributed by atoms with Crippen LogP contribution in [0.3, 0.4) is 0 Å². The van der Waals surface area contributed by atoms with Crippen molar-refractivity contribution in [2.45, 2.75) is 7.43 Å². The summed E-state index contributed by atoms with van der Waals surface area (Å²) in [6.45, 7) is 0. The fourth-order valence-corrected chi connectivity index (χ4v) is 2.56. The van der Waals surface area contributed by atoms with E-state index >= 15 is 0 Å². The predicted octanol–water partition coefficient (Wildman–Crippen LogP) is 2.32. The van der Waals surface area contributed by atoms with Crippen LogP contribution in [0.15, 0.2) is 0 Å². The maximum Gasteiger partial charge on any atom is 0.476 e. The Morgan fingerprint density at radius 3 is 1.50 bits per heavy atom. The van der Waals surface area contributed by atoms with Gasteiger partial charge in [-0.3, -0.25) is 4.57 Å². The van der Waals surface area contributed by atoms with E-state index in [9.17, 15) is 9.13 Å². The third-order valence-electron chi connectivity index (χ3n) is 0.201. The van der Waals surface area contributed by atoms with Crippen molar-refractivity contribution in [2.75, 3.05) is 0 Å². The molecule has 9 heteroatoms. The molecule has 0 saturated carbocycles. The van der Waals surface area contributed by atoms with E-state index in [2.05, 4.69) is 26.8 Å². The van der Waals surface area contributed by atoms with Crippen molar-refractivity contribution in [2.24, 2.45) is 0 Å². The Morgan fingerprint density at radius 2 is 1.50 bits per heavy atom. The van der Waals surface area contributed by atoms with Crippen molar-refractivity contribution in [3.05, 3.63) is 0 Å². The van der Waals surface area contributed by atoms with Crippen molar-refractivity contribution in [3.63, 3.8) is 0 Å². The minimum Gasteiger partial charge on any atom is -0.302 e. The molecule has 0 fully saturated rings. The zero-order chi connectivity index (χ0) is 7.71. The van der Waals surface area contributed by atoms with Gasteiger partial charge in [-0.25, -0.2) is 8.88 Å². The van der Waals surface area contributed by atoms with Gasteiger partial charge in [0, 0.05) is 0 Å². The highest BCUT2D eigenvalue weighted by Crippen LogP contribution is 2.66. The van der Waals surface area contributed by atoms with Crippen LogP contribution < -0.4 is 0 Å². The van der Waals surface area contributed by atoms with Crippen LogP contribution in [0, 0.1) is 0 Å². The Morgan fingerprint density at radius 1 is 1.20 bits per heavy atom. The molecule has 0 rings (SSSR count). The number of rotatable bonds is 2. The van der Waals surface area contributed by atoms with E-state index < -0.39 is 13.9 Å². The molecule has 0 unspecified atom stereocenters. The molecule has 0 atom stereocenters. The van der Waals surface area contributed by atoms with E-state index in [-0.39, 0.29) is 7.43 Å². The maximum atomic E-state index is 10.0. The lowest BCUT2D eigenvalue weighted by molar-refractivity contribution is 0.289. The molecule has 64 valence electrons. The molecule has 0 aliphatic carbocycles. The molecule has 0 amide bonds. The molecular formula is CH6Cl2O5P2. The molecule has 0 saturated heterocycles. The summed E-state index contributed by atoms with van der Waals surface area (Å²) in [6.07, 6.45) is -4.11. The Kier molecular flexibility index (Phi) is 5.50. The average molecular weight is 231 g/mol. The quantitative estimate of drug-likeness (QED) is 0.712. The first-order chi connectivity index (χ1) is 3.71. The lowest BCUT2D eigenvalue weighted by Crippen LogP contribution is -1.76. The summed E-state index contributed by atoms with van der Waals surface area (Å²) in [6, 6.07) is 0. The molecule has 10 heavy (non-hydrogen) atoms. The minimum absolute atomic E-state index is 0. The fraction of sp³-hybridized carbons (Fsp3) is 1.00. The van der Waals surface area contributed by atoms with E-state index in [1.54, 1.807) is 0 Å². The molecule has 0 radical (unpaired) electrons. The highest BCUT2D eigenvalue weighted by Gasteiger charge is 2.27. The molecule has 2 N–H and O–H groups in total. The standard InChI is InChI=1S/CH4.Cl2H2O5P2/c;1-8(2,3)7-9(4,5)6/h1H4;(H2,4,5,6). The third-order valence-corrected chi connectivity index (χ3v) is 2.92. The monoisotopic (exact) mass is 230 g/mol. The normalized spacial score (nSPS) is 12.4. The molecule has 0 spiro atoms. The summed E-state index contributed by atoms with van der Waals surface area (Å²) in [7, 11) is -4.81. The van der Waals surface area contributed by atoms with Crippen LogP contribution in [0.1, 0.15) is 7.43 Å². The van der Waals surface area contributed by atoms with Crippen molar-refractivity contribution >= 4 is 36.4 Å². The first kappa shape index (κ1) is 13.5. The Hall–Kier alpha value is 0.920. The Labute approximate surface area is 67.6 Å². The lowest BCUT2D eigenvalue weighted by atomic mass is 12.0. The second-order valence-electron chi connectivity index (χ2n) is 0.987. The van der Waals surface area contributed by atoms with Gasteiger partial charge in [-0.2, -0.15) is 0 Å². The Bertz CT molecular complexity index is 158. The summed E-state index contributed by atoms with van der Waals surface area (Å²) in [5, 5.41) is 0. The highest BCUT2D eigenvalue weighted by atomic mass is 35.9. The van der Waals surface area contributed by atoms with Gasteiger partial charge in [0.05, 0.1) is 0 Å². The zero-order valence-corrected chi connectivity index (χ0v) is 7.07. The molecule has 0 aromatic heterocycles. The van der Waals surface area contributed by atoms with Gasteiger partial charge in [-0.1, -0.05) is 7.43 Å². The number of phosphoric acid groups is 1. The minimum atomic E-state index is -4.81. The van der Waals surface area contributed by atoms with E-state index in [1.807, 2.05) is 0 Å². The summed E-state index contributed by atoms with van der Waals surface area (Å²) >= 11 is 9.25. The van der Waals surface area contributed by atoms with E-state index in [4.69, 9.17) is 9.79 Å². The molecule has 0 aromatic rings. The largest absolute Gasteiger partial charge is 0.476 e. The van der Waals surface area contributed by atoms with E-state index in [1.165, 1.54) is 0 Å². The van der Waals surface area contributed by atoms with Crippen LogP contribution in [0.4, 0.5) is 0 Å². The topological polar surface area (TPSA) is 83.8 Å². The summed E-state index contributed by atoms with van der Waals surface area (Å²) in [4.78, 5) is 15.8. The van der Waals surface area contributed by atoms with Crippen LogP contribution in [0.2, 0.25) is 0 Å². The summed E-state index contributed by atoms with van der Waals surface area (Å²) < 4.78 is 23.2. The molecule has 0 aliphatic heterocycles. The number of halogens is 2. The van der Waals surface area contributed by atoms with Crippen molar-refractivity contribution in [1.82, 2.24) is 0 Å². The second-order valence-corrected chi connectivity index (χ2v) is 6.64. The van der Waals surface area contributed by atoms with Crippen LogP contribution in [-0.2, 0) is 13.4 Å². The average Bonchev–Trinajstić information content (AvgIpc) is 1.14. The third kappa shape index (κ3) is 11.7. The zero-order valence-electron chi connectivity index (χ0n) is 3.77. The van der Waals surface area contributed by atoms with Crippen LogP contribution in [-0.4, -0.2) is 9.79 Å². The van der Waals surface area contributed by atoms with Crippen LogP contribution >= 0.6 is 36.4 Å². The molecule has 0 heterocycles. The first-order valence-electron chi connectivity index (χ1n) is 1.47. The van der Waals surface area contributed by atoms with Gasteiger partial charge in [0.2, 0.25) is 0 Å². The van der Waals surface area contributed by atoms with Gasteiger partial charge in [-0.05, 0) is 22.5 Å². The molecular weight excluding hydrogens is 225 g/mol. The van der Waals surface area contributed by atoms with Gasteiger partial charge < -0.3 is 9.79 Å². The van der Waals surface area contributed by atoms with Gasteiger partial charge in [-0.15, -0.1) is 0 Å². The molecule has 5 nitrogen and oxygen atoms in total. The lowest BCUT2D eigenvalue weighted by Gasteiger charge is -2.02. The summed E-state index contributed by atoms with van der Waals surface area (Å²) in [5.74, 6) is 0. The number of hydrogen-bond donors (Lipinski definition) is 2. The molecule has 0 aliphatic rings. The molecule has 0 aromatic carbocycles. The maximum absolute atomic E-state index is 10.0. The van der Waals surface area contributed by atoms with Crippen LogP contribution in [0.25, 0.3) is 0 Å². The predicted molar refractivity (Wildman–Crippen MR) is 39.2 cm³/mol. The van der Waals surface area contributed by atoms with Gasteiger partial charge in [0.25, 0.3) is 0 Å². The fourth-order valence-electron chi connectivity index (χ4n) is 0.124.